The summed E-state index contributed by atoms with van der Waals surface area (Å²) in [6, 6.07) is 4.73. The summed E-state index contributed by atoms with van der Waals surface area (Å²) in [5.41, 5.74) is 0.735. The van der Waals surface area contributed by atoms with Gasteiger partial charge in [0.15, 0.2) is 10.2 Å². The van der Waals surface area contributed by atoms with Gasteiger partial charge in [-0.25, -0.2) is 15.0 Å². The Kier molecular flexibility index (Phi) is 3.91. The fourth-order valence-electron chi connectivity index (χ4n) is 1.35. The van der Waals surface area contributed by atoms with E-state index in [1.165, 1.54) is 6.07 Å². The molecule has 0 saturated carbocycles. The van der Waals surface area contributed by atoms with Gasteiger partial charge >= 0.3 is 5.69 Å². The first-order valence-corrected chi connectivity index (χ1v) is 6.22. The van der Waals surface area contributed by atoms with Crippen LogP contribution < -0.4 is 5.32 Å². The molecule has 8 heteroatoms. The van der Waals surface area contributed by atoms with Crippen LogP contribution in [0.4, 0.5) is 11.5 Å². The summed E-state index contributed by atoms with van der Waals surface area (Å²) in [4.78, 5) is 22.9. The molecule has 0 radical (unpaired) electrons. The van der Waals surface area contributed by atoms with Crippen LogP contribution >= 0.6 is 11.8 Å². The molecule has 0 aliphatic heterocycles. The normalized spacial score (nSPS) is 10.2. The number of anilines is 1. The van der Waals surface area contributed by atoms with Crippen molar-refractivity contribution >= 4 is 23.3 Å². The van der Waals surface area contributed by atoms with E-state index in [2.05, 4.69) is 20.3 Å². The Labute approximate surface area is 113 Å². The number of rotatable bonds is 4. The zero-order chi connectivity index (χ0) is 13.8. The van der Waals surface area contributed by atoms with Crippen LogP contribution in [0.15, 0.2) is 34.6 Å². The highest BCUT2D eigenvalue weighted by molar-refractivity contribution is 7.99. The first-order valence-electron chi connectivity index (χ1n) is 5.41. The van der Waals surface area contributed by atoms with E-state index in [0.29, 0.717) is 11.0 Å². The molecule has 0 fully saturated rings. The van der Waals surface area contributed by atoms with E-state index < -0.39 is 4.92 Å². The Morgan fingerprint density at radius 3 is 2.74 bits per heavy atom. The lowest BCUT2D eigenvalue weighted by atomic mass is 10.4. The van der Waals surface area contributed by atoms with Crippen molar-refractivity contribution in [1.29, 1.82) is 0 Å². The monoisotopic (exact) mass is 277 g/mol. The van der Waals surface area contributed by atoms with Crippen molar-refractivity contribution < 1.29 is 4.92 Å². The molecule has 0 saturated heterocycles. The second kappa shape index (κ2) is 5.61. The molecule has 0 spiro atoms. The largest absolute Gasteiger partial charge is 0.373 e. The molecule has 2 aromatic rings. The Hall–Kier alpha value is -2.22. The molecule has 0 unspecified atom stereocenters. The van der Waals surface area contributed by atoms with E-state index in [0.717, 1.165) is 17.5 Å². The van der Waals surface area contributed by atoms with E-state index in [-0.39, 0.29) is 10.7 Å². The van der Waals surface area contributed by atoms with Crippen molar-refractivity contribution in [2.75, 3.05) is 12.4 Å². The van der Waals surface area contributed by atoms with Crippen LogP contribution in [-0.2, 0) is 0 Å². The third-order valence-corrected chi connectivity index (χ3v) is 3.13. The van der Waals surface area contributed by atoms with Gasteiger partial charge in [0.2, 0.25) is 0 Å². The van der Waals surface area contributed by atoms with Crippen LogP contribution in [-0.4, -0.2) is 26.9 Å². The molecule has 0 aliphatic rings. The van der Waals surface area contributed by atoms with E-state index in [9.17, 15) is 10.1 Å². The number of hydrogen-bond donors (Lipinski definition) is 1. The summed E-state index contributed by atoms with van der Waals surface area (Å²) < 4.78 is 0. The van der Waals surface area contributed by atoms with E-state index in [1.807, 2.05) is 6.92 Å². The van der Waals surface area contributed by atoms with Crippen LogP contribution in [0.25, 0.3) is 0 Å². The highest BCUT2D eigenvalue weighted by Gasteiger charge is 2.18. The Morgan fingerprint density at radius 2 is 2.11 bits per heavy atom. The lowest BCUT2D eigenvalue weighted by Crippen LogP contribution is -1.98. The average Bonchev–Trinajstić information content (AvgIpc) is 2.38. The molecular weight excluding hydrogens is 266 g/mol. The maximum Gasteiger partial charge on any atom is 0.301 e. The highest BCUT2D eigenvalue weighted by atomic mass is 32.2. The van der Waals surface area contributed by atoms with Crippen molar-refractivity contribution in [2.45, 2.75) is 17.1 Å². The zero-order valence-electron chi connectivity index (χ0n) is 10.3. The summed E-state index contributed by atoms with van der Waals surface area (Å²) in [6.45, 7) is 1.83. The molecule has 2 rings (SSSR count). The Morgan fingerprint density at radius 1 is 1.32 bits per heavy atom. The van der Waals surface area contributed by atoms with Crippen LogP contribution in [0.2, 0.25) is 0 Å². The molecular formula is C11H11N5O2S. The van der Waals surface area contributed by atoms with E-state index >= 15 is 0 Å². The fraction of sp³-hybridized carbons (Fsp3) is 0.182. The summed E-state index contributed by atoms with van der Waals surface area (Å²) in [7, 11) is 1.70. The number of aryl methyl sites for hydroxylation is 1. The van der Waals surface area contributed by atoms with Gasteiger partial charge in [0, 0.05) is 25.0 Å². The van der Waals surface area contributed by atoms with Crippen molar-refractivity contribution in [2.24, 2.45) is 0 Å². The molecule has 7 nitrogen and oxygen atoms in total. The molecule has 19 heavy (non-hydrogen) atoms. The van der Waals surface area contributed by atoms with Crippen LogP contribution in [0.5, 0.6) is 0 Å². The summed E-state index contributed by atoms with van der Waals surface area (Å²) in [6.07, 6.45) is 1.61. The molecule has 2 aromatic heterocycles. The first-order chi connectivity index (χ1) is 9.10. The predicted octanol–water partition coefficient (Wildman–Crippen LogP) is 2.28. The van der Waals surface area contributed by atoms with Crippen LogP contribution in [0.1, 0.15) is 5.69 Å². The molecule has 98 valence electrons. The van der Waals surface area contributed by atoms with Crippen molar-refractivity contribution in [3.63, 3.8) is 0 Å². The Balaban J connectivity index is 2.39. The summed E-state index contributed by atoms with van der Waals surface area (Å²) in [5, 5.41) is 14.5. The minimum Gasteiger partial charge on any atom is -0.373 e. The SMILES string of the molecule is CNc1ccc([N+](=O)[O-])c(Sc2nccc(C)n2)n1. The predicted molar refractivity (Wildman–Crippen MR) is 71.3 cm³/mol. The highest BCUT2D eigenvalue weighted by Crippen LogP contribution is 2.32. The lowest BCUT2D eigenvalue weighted by Gasteiger charge is -2.04. The van der Waals surface area contributed by atoms with Gasteiger partial charge in [0.05, 0.1) is 4.92 Å². The molecule has 0 bridgehead atoms. The fourth-order valence-corrected chi connectivity index (χ4v) is 2.22. The molecule has 0 aromatic carbocycles. The maximum absolute atomic E-state index is 11.0. The minimum atomic E-state index is -0.468. The van der Waals surface area contributed by atoms with Gasteiger partial charge in [0.1, 0.15) is 5.82 Å². The van der Waals surface area contributed by atoms with E-state index in [1.54, 1.807) is 25.4 Å². The smallest absolute Gasteiger partial charge is 0.301 e. The van der Waals surface area contributed by atoms with Crippen molar-refractivity contribution in [3.05, 3.63) is 40.2 Å². The zero-order valence-corrected chi connectivity index (χ0v) is 11.1. The van der Waals surface area contributed by atoms with Gasteiger partial charge in [-0.3, -0.25) is 10.1 Å². The number of nitro groups is 1. The maximum atomic E-state index is 11.0. The topological polar surface area (TPSA) is 93.8 Å². The van der Waals surface area contributed by atoms with Gasteiger partial charge in [-0.2, -0.15) is 0 Å². The van der Waals surface area contributed by atoms with E-state index in [4.69, 9.17) is 0 Å². The quantitative estimate of drug-likeness (QED) is 0.520. The first kappa shape index (κ1) is 13.2. The summed E-state index contributed by atoms with van der Waals surface area (Å²) >= 11 is 1.07. The van der Waals surface area contributed by atoms with Crippen molar-refractivity contribution in [1.82, 2.24) is 15.0 Å². The standard InChI is InChI=1S/C11H11N5O2S/c1-7-5-6-13-11(14-7)19-10-8(16(17)18)3-4-9(12-2)15-10/h3-6H,1-2H3,(H,12,15). The van der Waals surface area contributed by atoms with Gasteiger partial charge in [0.25, 0.3) is 0 Å². The lowest BCUT2D eigenvalue weighted by molar-refractivity contribution is -0.388. The summed E-state index contributed by atoms with van der Waals surface area (Å²) in [5.74, 6) is 0.556. The molecule has 0 atom stereocenters. The van der Waals surface area contributed by atoms with Gasteiger partial charge in [-0.1, -0.05) is 0 Å². The number of hydrogen-bond acceptors (Lipinski definition) is 7. The van der Waals surface area contributed by atoms with Gasteiger partial charge in [-0.15, -0.1) is 0 Å². The average molecular weight is 277 g/mol. The van der Waals surface area contributed by atoms with Crippen LogP contribution in [0.3, 0.4) is 0 Å². The minimum absolute atomic E-state index is 0.0610. The third kappa shape index (κ3) is 3.16. The number of nitrogens with one attached hydrogen (secondary N) is 1. The third-order valence-electron chi connectivity index (χ3n) is 2.25. The van der Waals surface area contributed by atoms with Crippen molar-refractivity contribution in [3.8, 4) is 0 Å². The van der Waals surface area contributed by atoms with Crippen LogP contribution in [0, 0.1) is 17.0 Å². The molecule has 2 heterocycles. The number of aromatic nitrogens is 3. The molecule has 0 amide bonds. The molecule has 0 aliphatic carbocycles. The van der Waals surface area contributed by atoms with Gasteiger partial charge < -0.3 is 5.32 Å². The second-order valence-electron chi connectivity index (χ2n) is 3.61. The Bertz CT molecular complexity index is 620. The second-order valence-corrected chi connectivity index (χ2v) is 4.57. The van der Waals surface area contributed by atoms with Gasteiger partial charge in [-0.05, 0) is 30.8 Å². The number of pyridine rings is 1. The number of nitrogens with zero attached hydrogens (tertiary/aromatic N) is 4. The molecule has 1 N–H and O–H groups in total.